The van der Waals surface area contributed by atoms with Gasteiger partial charge in [0.1, 0.15) is 12.4 Å². The highest BCUT2D eigenvalue weighted by Gasteiger charge is 2.23. The van der Waals surface area contributed by atoms with Gasteiger partial charge in [-0.25, -0.2) is 8.42 Å². The van der Waals surface area contributed by atoms with Gasteiger partial charge in [0.25, 0.3) is 0 Å². The van der Waals surface area contributed by atoms with Crippen LogP contribution in [0.5, 0.6) is 5.75 Å². The Hall–Kier alpha value is -2.90. The number of sulfonamides is 1. The SMILES string of the molecule is Cc1ccccc1OCC(C)NC(=O)CN(C)S(=O)(=O)c1ccc2ccccc2c1. The zero-order valence-electron chi connectivity index (χ0n) is 17.3. The van der Waals surface area contributed by atoms with Crippen molar-refractivity contribution in [3.63, 3.8) is 0 Å². The zero-order valence-corrected chi connectivity index (χ0v) is 18.1. The average molecular weight is 427 g/mol. The molecule has 0 aliphatic heterocycles. The van der Waals surface area contributed by atoms with Crippen LogP contribution < -0.4 is 10.1 Å². The van der Waals surface area contributed by atoms with E-state index in [1.165, 1.54) is 7.05 Å². The normalized spacial score (nSPS) is 12.7. The Bertz CT molecular complexity index is 1140. The van der Waals surface area contributed by atoms with Crippen LogP contribution in [-0.4, -0.2) is 44.9 Å². The van der Waals surface area contributed by atoms with Gasteiger partial charge in [-0.3, -0.25) is 4.79 Å². The number of para-hydroxylation sites is 1. The Labute approximate surface area is 177 Å². The lowest BCUT2D eigenvalue weighted by Crippen LogP contribution is -2.43. The number of carbonyl (C=O) groups is 1. The third-order valence-electron chi connectivity index (χ3n) is 4.79. The molecule has 0 radical (unpaired) electrons. The highest BCUT2D eigenvalue weighted by molar-refractivity contribution is 7.89. The van der Waals surface area contributed by atoms with Crippen LogP contribution >= 0.6 is 0 Å². The van der Waals surface area contributed by atoms with Crippen LogP contribution in [0.1, 0.15) is 12.5 Å². The molecule has 0 bridgehead atoms. The monoisotopic (exact) mass is 426 g/mol. The maximum atomic E-state index is 12.9. The Kier molecular flexibility index (Phi) is 6.74. The fraction of sp³-hybridized carbons (Fsp3) is 0.261. The second-order valence-electron chi connectivity index (χ2n) is 7.32. The van der Waals surface area contributed by atoms with Gasteiger partial charge in [0.15, 0.2) is 0 Å². The van der Waals surface area contributed by atoms with E-state index in [0.29, 0.717) is 0 Å². The summed E-state index contributed by atoms with van der Waals surface area (Å²) in [5.74, 6) is 0.373. The number of fused-ring (bicyclic) bond motifs is 1. The van der Waals surface area contributed by atoms with Crippen molar-refractivity contribution in [1.82, 2.24) is 9.62 Å². The first-order valence-corrected chi connectivity index (χ1v) is 11.1. The molecule has 0 aliphatic rings. The number of nitrogens with one attached hydrogen (secondary N) is 1. The molecule has 1 unspecified atom stereocenters. The zero-order chi connectivity index (χ0) is 21.7. The molecule has 0 spiro atoms. The van der Waals surface area contributed by atoms with Gasteiger partial charge in [-0.15, -0.1) is 0 Å². The molecule has 158 valence electrons. The standard InChI is InChI=1S/C23H26N2O4S/c1-17-8-4-7-11-22(17)29-16-18(2)24-23(26)15-25(3)30(27,28)21-13-12-19-9-5-6-10-20(19)14-21/h4-14,18H,15-16H2,1-3H3,(H,24,26). The van der Waals surface area contributed by atoms with Crippen LogP contribution in [0.25, 0.3) is 10.8 Å². The van der Waals surface area contributed by atoms with E-state index in [2.05, 4.69) is 5.32 Å². The largest absolute Gasteiger partial charge is 0.491 e. The number of hydrogen-bond acceptors (Lipinski definition) is 4. The van der Waals surface area contributed by atoms with E-state index in [9.17, 15) is 13.2 Å². The van der Waals surface area contributed by atoms with E-state index in [4.69, 9.17) is 4.74 Å². The molecule has 0 heterocycles. The van der Waals surface area contributed by atoms with Crippen LogP contribution in [-0.2, 0) is 14.8 Å². The molecule has 0 saturated carbocycles. The summed E-state index contributed by atoms with van der Waals surface area (Å²) in [6.45, 7) is 3.78. The van der Waals surface area contributed by atoms with Gasteiger partial charge in [-0.05, 0) is 48.4 Å². The average Bonchev–Trinajstić information content (AvgIpc) is 2.72. The van der Waals surface area contributed by atoms with Crippen molar-refractivity contribution >= 4 is 26.7 Å². The Morgan fingerprint density at radius 2 is 1.70 bits per heavy atom. The number of rotatable bonds is 8. The summed E-state index contributed by atoms with van der Waals surface area (Å²) in [6, 6.07) is 19.8. The second-order valence-corrected chi connectivity index (χ2v) is 9.36. The summed E-state index contributed by atoms with van der Waals surface area (Å²) in [6.07, 6.45) is 0. The maximum absolute atomic E-state index is 12.9. The molecule has 3 aromatic rings. The van der Waals surface area contributed by atoms with E-state index in [1.54, 1.807) is 18.2 Å². The number of hydrogen-bond donors (Lipinski definition) is 1. The van der Waals surface area contributed by atoms with Crippen molar-refractivity contribution in [3.8, 4) is 5.75 Å². The van der Waals surface area contributed by atoms with Crippen molar-refractivity contribution in [3.05, 3.63) is 72.3 Å². The molecule has 1 amide bonds. The van der Waals surface area contributed by atoms with Gasteiger partial charge in [0.2, 0.25) is 15.9 Å². The third kappa shape index (κ3) is 5.17. The third-order valence-corrected chi connectivity index (χ3v) is 6.58. The summed E-state index contributed by atoms with van der Waals surface area (Å²) in [4.78, 5) is 12.5. The van der Waals surface area contributed by atoms with Gasteiger partial charge >= 0.3 is 0 Å². The first kappa shape index (κ1) is 21.8. The lowest BCUT2D eigenvalue weighted by atomic mass is 10.1. The number of carbonyl (C=O) groups excluding carboxylic acids is 1. The molecule has 6 nitrogen and oxygen atoms in total. The first-order chi connectivity index (χ1) is 14.3. The molecule has 7 heteroatoms. The van der Waals surface area contributed by atoms with Crippen LogP contribution in [0.15, 0.2) is 71.6 Å². The number of benzene rings is 3. The Morgan fingerprint density at radius 3 is 2.43 bits per heavy atom. The van der Waals surface area contributed by atoms with Crippen molar-refractivity contribution in [2.24, 2.45) is 0 Å². The number of aryl methyl sites for hydroxylation is 1. The topological polar surface area (TPSA) is 75.7 Å². The number of likely N-dealkylation sites (N-methyl/N-ethyl adjacent to an activating group) is 1. The molecule has 0 fully saturated rings. The highest BCUT2D eigenvalue weighted by Crippen LogP contribution is 2.21. The molecule has 3 aromatic carbocycles. The maximum Gasteiger partial charge on any atom is 0.243 e. The molecular weight excluding hydrogens is 400 g/mol. The number of nitrogens with zero attached hydrogens (tertiary/aromatic N) is 1. The van der Waals surface area contributed by atoms with Gasteiger partial charge in [-0.1, -0.05) is 48.5 Å². The minimum Gasteiger partial charge on any atom is -0.491 e. The minimum absolute atomic E-state index is 0.160. The number of ether oxygens (including phenoxy) is 1. The fourth-order valence-corrected chi connectivity index (χ4v) is 4.25. The van der Waals surface area contributed by atoms with Crippen molar-refractivity contribution in [2.75, 3.05) is 20.2 Å². The summed E-state index contributed by atoms with van der Waals surface area (Å²) in [7, 11) is -2.38. The summed E-state index contributed by atoms with van der Waals surface area (Å²) in [5.41, 5.74) is 1.01. The second kappa shape index (κ2) is 9.28. The predicted molar refractivity (Wildman–Crippen MR) is 118 cm³/mol. The molecule has 0 aliphatic carbocycles. The Morgan fingerprint density at radius 1 is 1.03 bits per heavy atom. The van der Waals surface area contributed by atoms with Crippen molar-refractivity contribution < 1.29 is 17.9 Å². The van der Waals surface area contributed by atoms with Crippen molar-refractivity contribution in [1.29, 1.82) is 0 Å². The van der Waals surface area contributed by atoms with Crippen LogP contribution in [0.4, 0.5) is 0 Å². The first-order valence-electron chi connectivity index (χ1n) is 9.70. The van der Waals surface area contributed by atoms with Gasteiger partial charge < -0.3 is 10.1 Å². The van der Waals surface area contributed by atoms with Crippen LogP contribution in [0, 0.1) is 6.92 Å². The molecule has 0 saturated heterocycles. The molecule has 3 rings (SSSR count). The molecule has 1 N–H and O–H groups in total. The molecule has 0 aromatic heterocycles. The van der Waals surface area contributed by atoms with Crippen LogP contribution in [0.3, 0.4) is 0 Å². The fourth-order valence-electron chi connectivity index (χ4n) is 3.09. The Balaban J connectivity index is 1.58. The van der Waals surface area contributed by atoms with Crippen molar-refractivity contribution in [2.45, 2.75) is 24.8 Å². The van der Waals surface area contributed by atoms with Crippen LogP contribution in [0.2, 0.25) is 0 Å². The van der Waals surface area contributed by atoms with E-state index >= 15 is 0 Å². The number of amides is 1. The van der Waals surface area contributed by atoms with Gasteiger partial charge in [0.05, 0.1) is 17.5 Å². The van der Waals surface area contributed by atoms with E-state index in [1.807, 2.05) is 62.4 Å². The molecule has 30 heavy (non-hydrogen) atoms. The van der Waals surface area contributed by atoms with Gasteiger partial charge in [0, 0.05) is 7.05 Å². The lowest BCUT2D eigenvalue weighted by Gasteiger charge is -2.20. The molecular formula is C23H26N2O4S. The van der Waals surface area contributed by atoms with Gasteiger partial charge in [-0.2, -0.15) is 4.31 Å². The molecule has 1 atom stereocenters. The van der Waals surface area contributed by atoms with E-state index in [-0.39, 0.29) is 30.0 Å². The van der Waals surface area contributed by atoms with E-state index < -0.39 is 10.0 Å². The predicted octanol–water partition coefficient (Wildman–Crippen LogP) is 3.35. The highest BCUT2D eigenvalue weighted by atomic mass is 32.2. The van der Waals surface area contributed by atoms with E-state index in [0.717, 1.165) is 26.4 Å². The summed E-state index contributed by atoms with van der Waals surface area (Å²) < 4.78 is 32.5. The lowest BCUT2D eigenvalue weighted by molar-refractivity contribution is -0.121. The summed E-state index contributed by atoms with van der Waals surface area (Å²) >= 11 is 0. The quantitative estimate of drug-likeness (QED) is 0.599. The summed E-state index contributed by atoms with van der Waals surface area (Å²) in [5, 5.41) is 4.57. The minimum atomic E-state index is -3.78. The smallest absolute Gasteiger partial charge is 0.243 e.